The van der Waals surface area contributed by atoms with Crippen LogP contribution in [0.25, 0.3) is 0 Å². The summed E-state index contributed by atoms with van der Waals surface area (Å²) in [5.74, 6) is 0.502. The molecule has 1 N–H and O–H groups in total. The molecular weight excluding hydrogens is 480 g/mol. The average molecular weight is 522 g/mol. The van der Waals surface area contributed by atoms with Crippen molar-refractivity contribution < 1.29 is 26.0 Å². The minimum absolute atomic E-state index is 0.0366. The Morgan fingerprint density at radius 3 is 1.66 bits per heavy atom. The molecule has 0 aromatic heterocycles. The van der Waals surface area contributed by atoms with Gasteiger partial charge in [-0.05, 0) is 47.9 Å². The normalized spacial score (nSPS) is 17.2. The number of hydrogen-bond donors (Lipinski definition) is 1. The van der Waals surface area contributed by atoms with Gasteiger partial charge >= 0.3 is 37.9 Å². The zero-order chi connectivity index (χ0) is 22.1. The topological polar surface area (TPSA) is 23.5 Å². The molecule has 0 atom stereocenters. The van der Waals surface area contributed by atoms with Crippen LogP contribution >= 0.6 is 17.0 Å². The van der Waals surface area contributed by atoms with Gasteiger partial charge in [-0.3, -0.25) is 4.90 Å². The van der Waals surface area contributed by atoms with E-state index in [1.807, 2.05) is 0 Å². The van der Waals surface area contributed by atoms with Gasteiger partial charge in [-0.25, -0.2) is 0 Å². The third-order valence-corrected chi connectivity index (χ3v) is 5.71. The number of halogens is 2. The van der Waals surface area contributed by atoms with E-state index in [0.29, 0.717) is 5.75 Å². The quantitative estimate of drug-likeness (QED) is 0.427. The molecule has 1 aromatic carbocycles. The van der Waals surface area contributed by atoms with Crippen molar-refractivity contribution >= 4 is 17.0 Å². The molecule has 1 aliphatic heterocycles. The van der Waals surface area contributed by atoms with Gasteiger partial charge in [-0.2, -0.15) is 0 Å². The van der Waals surface area contributed by atoms with Crippen molar-refractivity contribution in [1.29, 1.82) is 0 Å². The van der Waals surface area contributed by atoms with Gasteiger partial charge in [0.25, 0.3) is 0 Å². The number of hydrogen-bond acceptors (Lipinski definition) is 2. The summed E-state index contributed by atoms with van der Waals surface area (Å²) in [7, 11) is 9.87. The maximum absolute atomic E-state index is 10.7. The maximum atomic E-state index is 10.7. The van der Waals surface area contributed by atoms with Crippen molar-refractivity contribution in [3.8, 4) is 5.75 Å². The van der Waals surface area contributed by atoms with Crippen molar-refractivity contribution in [3.05, 3.63) is 28.8 Å². The summed E-state index contributed by atoms with van der Waals surface area (Å²) in [6.07, 6.45) is 10.1. The SMILES string of the molecule is C1CCCC1.CC(C)(C)c1cc(CN2CCCC2)c(O)c(C(C)(C)C)c1.[Cl][Zr][Cl]. The molecule has 0 bridgehead atoms. The van der Waals surface area contributed by atoms with Crippen LogP contribution in [0.1, 0.15) is 103 Å². The Morgan fingerprint density at radius 1 is 0.828 bits per heavy atom. The van der Waals surface area contributed by atoms with Gasteiger partial charge in [0.2, 0.25) is 0 Å². The Hall–Kier alpha value is 0.443. The summed E-state index contributed by atoms with van der Waals surface area (Å²) in [5.41, 5.74) is 3.55. The van der Waals surface area contributed by atoms with E-state index in [1.165, 1.54) is 50.5 Å². The third-order valence-electron chi connectivity index (χ3n) is 5.71. The second kappa shape index (κ2) is 13.1. The van der Waals surface area contributed by atoms with Crippen molar-refractivity contribution in [3.63, 3.8) is 0 Å². The Balaban J connectivity index is 0.000000440. The van der Waals surface area contributed by atoms with Crippen molar-refractivity contribution in [1.82, 2.24) is 4.90 Å². The molecule has 1 aromatic rings. The van der Waals surface area contributed by atoms with Crippen LogP contribution in [0.3, 0.4) is 0 Å². The van der Waals surface area contributed by atoms with Crippen molar-refractivity contribution in [2.45, 2.75) is 104 Å². The van der Waals surface area contributed by atoms with Gasteiger partial charge in [-0.15, -0.1) is 0 Å². The first kappa shape index (κ1) is 27.5. The van der Waals surface area contributed by atoms with Gasteiger partial charge < -0.3 is 5.11 Å². The number of phenols is 1. The molecule has 1 aliphatic carbocycles. The second-order valence-electron chi connectivity index (χ2n) is 10.4. The minimum atomic E-state index is -0.826. The second-order valence-corrected chi connectivity index (χ2v) is 14.1. The predicted octanol–water partition coefficient (Wildman–Crippen LogP) is 7.91. The summed E-state index contributed by atoms with van der Waals surface area (Å²) >= 11 is -0.826. The Bertz CT molecular complexity index is 591. The molecule has 1 saturated carbocycles. The van der Waals surface area contributed by atoms with E-state index >= 15 is 0 Å². The first-order valence-electron chi connectivity index (χ1n) is 11.1. The third kappa shape index (κ3) is 10.1. The zero-order valence-corrected chi connectivity index (χ0v) is 23.3. The molecule has 0 radical (unpaired) electrons. The van der Waals surface area contributed by atoms with Gasteiger partial charge in [0.05, 0.1) is 0 Å². The fourth-order valence-electron chi connectivity index (χ4n) is 3.89. The molecule has 5 heteroatoms. The van der Waals surface area contributed by atoms with Crippen LogP contribution in [0.2, 0.25) is 0 Å². The molecule has 1 saturated heterocycles. The van der Waals surface area contributed by atoms with E-state index in [1.54, 1.807) is 0 Å². The predicted molar refractivity (Wildman–Crippen MR) is 125 cm³/mol. The number of benzene rings is 1. The summed E-state index contributed by atoms with van der Waals surface area (Å²) in [6.45, 7) is 16.4. The number of aromatic hydroxyl groups is 1. The van der Waals surface area contributed by atoms with Crippen LogP contribution in [-0.4, -0.2) is 23.1 Å². The summed E-state index contributed by atoms with van der Waals surface area (Å²) in [4.78, 5) is 2.45. The molecule has 2 nitrogen and oxygen atoms in total. The first-order chi connectivity index (χ1) is 13.5. The van der Waals surface area contributed by atoms with Crippen LogP contribution in [-0.2, 0) is 38.2 Å². The molecule has 3 rings (SSSR count). The molecule has 0 unspecified atom stereocenters. The molecule has 0 spiro atoms. The average Bonchev–Trinajstić information content (AvgIpc) is 3.31. The van der Waals surface area contributed by atoms with Gasteiger partial charge in [0.1, 0.15) is 5.75 Å². The zero-order valence-electron chi connectivity index (χ0n) is 19.4. The molecular formula is C24H41Cl2NOZr. The Morgan fingerprint density at radius 2 is 1.28 bits per heavy atom. The summed E-state index contributed by atoms with van der Waals surface area (Å²) in [6, 6.07) is 4.41. The van der Waals surface area contributed by atoms with Gasteiger partial charge in [0, 0.05) is 12.1 Å². The van der Waals surface area contributed by atoms with E-state index in [4.69, 9.17) is 17.0 Å². The van der Waals surface area contributed by atoms with E-state index in [2.05, 4.69) is 58.6 Å². The fourth-order valence-corrected chi connectivity index (χ4v) is 3.89. The van der Waals surface area contributed by atoms with Crippen LogP contribution in [0, 0.1) is 0 Å². The molecule has 166 valence electrons. The van der Waals surface area contributed by atoms with Gasteiger partial charge in [-0.1, -0.05) is 85.8 Å². The van der Waals surface area contributed by atoms with E-state index in [9.17, 15) is 5.11 Å². The first-order valence-corrected chi connectivity index (χ1v) is 17.4. The van der Waals surface area contributed by atoms with E-state index < -0.39 is 20.8 Å². The summed E-state index contributed by atoms with van der Waals surface area (Å²) < 4.78 is 0. The molecule has 29 heavy (non-hydrogen) atoms. The monoisotopic (exact) mass is 519 g/mol. The Kier molecular flexibility index (Phi) is 12.4. The van der Waals surface area contributed by atoms with E-state index in [0.717, 1.165) is 30.8 Å². The molecule has 2 fully saturated rings. The number of rotatable bonds is 2. The van der Waals surface area contributed by atoms with Crippen molar-refractivity contribution in [2.75, 3.05) is 13.1 Å². The standard InChI is InChI=1S/C19H31NO.C5H10.2ClH.Zr/c1-18(2,3)15-11-14(13-20-9-7-8-10-20)17(21)16(12-15)19(4,5)6;1-2-4-5-3-1;;;/h11-12,21H,7-10,13H2,1-6H3;1-5H2;2*1H;/q;;;;+2/p-2. The van der Waals surface area contributed by atoms with Crippen LogP contribution in [0.4, 0.5) is 0 Å². The van der Waals surface area contributed by atoms with Gasteiger partial charge in [0.15, 0.2) is 0 Å². The van der Waals surface area contributed by atoms with Crippen LogP contribution in [0.15, 0.2) is 12.1 Å². The van der Waals surface area contributed by atoms with Crippen LogP contribution < -0.4 is 0 Å². The van der Waals surface area contributed by atoms with Crippen LogP contribution in [0.5, 0.6) is 5.75 Å². The number of phenolic OH excluding ortho intramolecular Hbond substituents is 1. The van der Waals surface area contributed by atoms with Crippen molar-refractivity contribution in [2.24, 2.45) is 0 Å². The number of likely N-dealkylation sites (tertiary alicyclic amines) is 1. The van der Waals surface area contributed by atoms with E-state index in [-0.39, 0.29) is 10.8 Å². The molecule has 2 aliphatic rings. The molecule has 0 amide bonds. The summed E-state index contributed by atoms with van der Waals surface area (Å²) in [5, 5.41) is 10.7. The fraction of sp³-hybridized carbons (Fsp3) is 0.750. The number of nitrogens with zero attached hydrogens (tertiary/aromatic N) is 1. The Labute approximate surface area is 198 Å². The molecule has 1 heterocycles.